The van der Waals surface area contributed by atoms with Gasteiger partial charge in [0.15, 0.2) is 0 Å². The molecule has 0 unspecified atom stereocenters. The number of aromatic nitrogens is 2. The van der Waals surface area contributed by atoms with E-state index in [2.05, 4.69) is 46.1 Å². The van der Waals surface area contributed by atoms with Crippen LogP contribution in [-0.4, -0.2) is 21.4 Å². The SMILES string of the molecule is CCc1ccccc1CN1CCc2nc(C)ncc2C1. The number of aryl methyl sites for hydroxylation is 2. The molecular formula is C17H21N3. The molecule has 0 bridgehead atoms. The van der Waals surface area contributed by atoms with Crippen LogP contribution in [0.15, 0.2) is 30.5 Å². The Morgan fingerprint density at radius 3 is 2.80 bits per heavy atom. The quantitative estimate of drug-likeness (QED) is 0.856. The van der Waals surface area contributed by atoms with Crippen LogP contribution in [0.3, 0.4) is 0 Å². The van der Waals surface area contributed by atoms with Gasteiger partial charge in [0.25, 0.3) is 0 Å². The van der Waals surface area contributed by atoms with Gasteiger partial charge in [0.1, 0.15) is 5.82 Å². The zero-order chi connectivity index (χ0) is 13.9. The highest BCUT2D eigenvalue weighted by Crippen LogP contribution is 2.20. The first-order valence-corrected chi connectivity index (χ1v) is 7.37. The Bertz CT molecular complexity index is 607. The highest BCUT2D eigenvalue weighted by molar-refractivity contribution is 5.28. The second-order valence-corrected chi connectivity index (χ2v) is 5.47. The Kier molecular flexibility index (Phi) is 3.79. The predicted octanol–water partition coefficient (Wildman–Crippen LogP) is 2.91. The third kappa shape index (κ3) is 2.73. The first-order chi connectivity index (χ1) is 9.76. The first-order valence-electron chi connectivity index (χ1n) is 7.37. The van der Waals surface area contributed by atoms with Crippen molar-refractivity contribution in [3.05, 3.63) is 58.7 Å². The maximum atomic E-state index is 4.55. The largest absolute Gasteiger partial charge is 0.294 e. The highest BCUT2D eigenvalue weighted by Gasteiger charge is 2.18. The standard InChI is InChI=1S/C17H21N3/c1-3-14-6-4-5-7-15(14)11-20-9-8-17-16(12-20)10-18-13(2)19-17/h4-7,10H,3,8-9,11-12H2,1-2H3. The van der Waals surface area contributed by atoms with E-state index >= 15 is 0 Å². The number of benzene rings is 1. The molecule has 0 saturated carbocycles. The van der Waals surface area contributed by atoms with Crippen molar-refractivity contribution in [2.75, 3.05) is 6.54 Å². The topological polar surface area (TPSA) is 29.0 Å². The van der Waals surface area contributed by atoms with Crippen LogP contribution in [0, 0.1) is 6.92 Å². The summed E-state index contributed by atoms with van der Waals surface area (Å²) < 4.78 is 0. The summed E-state index contributed by atoms with van der Waals surface area (Å²) in [7, 11) is 0. The molecule has 2 aromatic rings. The minimum atomic E-state index is 0.883. The molecule has 1 aliphatic rings. The second-order valence-electron chi connectivity index (χ2n) is 5.47. The van der Waals surface area contributed by atoms with E-state index in [1.54, 1.807) is 0 Å². The van der Waals surface area contributed by atoms with Gasteiger partial charge in [-0.15, -0.1) is 0 Å². The Labute approximate surface area is 120 Å². The molecule has 3 rings (SSSR count). The van der Waals surface area contributed by atoms with Gasteiger partial charge in [0.2, 0.25) is 0 Å². The molecule has 0 N–H and O–H groups in total. The van der Waals surface area contributed by atoms with Crippen molar-refractivity contribution in [2.24, 2.45) is 0 Å². The van der Waals surface area contributed by atoms with Crippen LogP contribution in [0.2, 0.25) is 0 Å². The monoisotopic (exact) mass is 267 g/mol. The fraction of sp³-hybridized carbons (Fsp3) is 0.412. The fourth-order valence-electron chi connectivity index (χ4n) is 2.91. The van der Waals surface area contributed by atoms with Crippen molar-refractivity contribution in [3.8, 4) is 0 Å². The fourth-order valence-corrected chi connectivity index (χ4v) is 2.91. The van der Waals surface area contributed by atoms with Crippen molar-refractivity contribution < 1.29 is 0 Å². The normalized spacial score (nSPS) is 15.1. The van der Waals surface area contributed by atoms with Crippen molar-refractivity contribution in [1.82, 2.24) is 14.9 Å². The predicted molar refractivity (Wildman–Crippen MR) is 80.4 cm³/mol. The summed E-state index contributed by atoms with van der Waals surface area (Å²) in [5, 5.41) is 0. The minimum absolute atomic E-state index is 0.883. The van der Waals surface area contributed by atoms with Crippen LogP contribution < -0.4 is 0 Å². The molecular weight excluding hydrogens is 246 g/mol. The van der Waals surface area contributed by atoms with Crippen LogP contribution in [0.1, 0.15) is 35.1 Å². The summed E-state index contributed by atoms with van der Waals surface area (Å²) in [6.07, 6.45) is 4.13. The summed E-state index contributed by atoms with van der Waals surface area (Å²) in [5.41, 5.74) is 5.43. The molecule has 20 heavy (non-hydrogen) atoms. The number of nitrogens with zero attached hydrogens (tertiary/aromatic N) is 3. The minimum Gasteiger partial charge on any atom is -0.294 e. The van der Waals surface area contributed by atoms with Gasteiger partial charge in [0, 0.05) is 43.5 Å². The number of fused-ring (bicyclic) bond motifs is 1. The Morgan fingerprint density at radius 1 is 1.20 bits per heavy atom. The van der Waals surface area contributed by atoms with Crippen LogP contribution in [0.25, 0.3) is 0 Å². The number of hydrogen-bond acceptors (Lipinski definition) is 3. The summed E-state index contributed by atoms with van der Waals surface area (Å²) in [6, 6.07) is 8.75. The molecule has 1 aliphatic heterocycles. The second kappa shape index (κ2) is 5.71. The third-order valence-corrected chi connectivity index (χ3v) is 4.03. The van der Waals surface area contributed by atoms with Gasteiger partial charge >= 0.3 is 0 Å². The first kappa shape index (κ1) is 13.3. The van der Waals surface area contributed by atoms with E-state index in [1.807, 2.05) is 13.1 Å². The van der Waals surface area contributed by atoms with Gasteiger partial charge in [-0.25, -0.2) is 9.97 Å². The molecule has 104 valence electrons. The van der Waals surface area contributed by atoms with Gasteiger partial charge in [0.05, 0.1) is 0 Å². The lowest BCUT2D eigenvalue weighted by Crippen LogP contribution is -2.31. The smallest absolute Gasteiger partial charge is 0.125 e. The van der Waals surface area contributed by atoms with E-state index < -0.39 is 0 Å². The van der Waals surface area contributed by atoms with Gasteiger partial charge < -0.3 is 0 Å². The van der Waals surface area contributed by atoms with Gasteiger partial charge in [-0.3, -0.25) is 4.90 Å². The van der Waals surface area contributed by atoms with Crippen molar-refractivity contribution in [1.29, 1.82) is 0 Å². The summed E-state index contributed by atoms with van der Waals surface area (Å²) in [5.74, 6) is 0.883. The van der Waals surface area contributed by atoms with Crippen molar-refractivity contribution in [2.45, 2.75) is 39.8 Å². The zero-order valence-electron chi connectivity index (χ0n) is 12.3. The van der Waals surface area contributed by atoms with Gasteiger partial charge in [-0.1, -0.05) is 31.2 Å². The third-order valence-electron chi connectivity index (χ3n) is 4.03. The van der Waals surface area contributed by atoms with E-state index in [4.69, 9.17) is 0 Å². The van der Waals surface area contributed by atoms with Crippen molar-refractivity contribution in [3.63, 3.8) is 0 Å². The maximum absolute atomic E-state index is 4.55. The molecule has 3 heteroatoms. The molecule has 0 radical (unpaired) electrons. The molecule has 0 fully saturated rings. The molecule has 2 heterocycles. The maximum Gasteiger partial charge on any atom is 0.125 e. The van der Waals surface area contributed by atoms with E-state index in [0.29, 0.717) is 0 Å². The van der Waals surface area contributed by atoms with E-state index in [0.717, 1.165) is 38.3 Å². The number of rotatable bonds is 3. The Morgan fingerprint density at radius 2 is 2.00 bits per heavy atom. The lowest BCUT2D eigenvalue weighted by Gasteiger charge is -2.28. The lowest BCUT2D eigenvalue weighted by atomic mass is 10.0. The average molecular weight is 267 g/mol. The number of hydrogen-bond donors (Lipinski definition) is 0. The molecule has 0 saturated heterocycles. The molecule has 1 aromatic carbocycles. The molecule has 1 aromatic heterocycles. The summed E-state index contributed by atoms with van der Waals surface area (Å²) >= 11 is 0. The molecule has 0 spiro atoms. The summed E-state index contributed by atoms with van der Waals surface area (Å²) in [4.78, 5) is 11.4. The van der Waals surface area contributed by atoms with E-state index in [9.17, 15) is 0 Å². The summed E-state index contributed by atoms with van der Waals surface area (Å²) in [6.45, 7) is 7.26. The molecule has 0 amide bonds. The molecule has 3 nitrogen and oxygen atoms in total. The molecule has 0 aliphatic carbocycles. The van der Waals surface area contributed by atoms with Crippen LogP contribution in [0.5, 0.6) is 0 Å². The van der Waals surface area contributed by atoms with Crippen LogP contribution in [-0.2, 0) is 25.9 Å². The average Bonchev–Trinajstić information content (AvgIpc) is 2.48. The Hall–Kier alpha value is -1.74. The Balaban J connectivity index is 1.76. The van der Waals surface area contributed by atoms with Gasteiger partial charge in [-0.05, 0) is 24.5 Å². The van der Waals surface area contributed by atoms with Crippen LogP contribution >= 0.6 is 0 Å². The molecule has 0 atom stereocenters. The van der Waals surface area contributed by atoms with E-state index in [-0.39, 0.29) is 0 Å². The zero-order valence-corrected chi connectivity index (χ0v) is 12.3. The van der Waals surface area contributed by atoms with Crippen LogP contribution in [0.4, 0.5) is 0 Å². The van der Waals surface area contributed by atoms with Gasteiger partial charge in [-0.2, -0.15) is 0 Å². The lowest BCUT2D eigenvalue weighted by molar-refractivity contribution is 0.242. The van der Waals surface area contributed by atoms with Crippen molar-refractivity contribution >= 4 is 0 Å². The highest BCUT2D eigenvalue weighted by atomic mass is 15.1. The van der Waals surface area contributed by atoms with E-state index in [1.165, 1.54) is 22.4 Å².